The molecule has 4 saturated heterocycles. The predicted octanol–water partition coefficient (Wildman–Crippen LogP) is -6.36. The quantitative estimate of drug-likeness (QED) is 0.111. The molecule has 0 radical (unpaired) electrons. The molecule has 6 bridgehead atoms. The van der Waals surface area contributed by atoms with Gasteiger partial charge in [-0.2, -0.15) is 0 Å². The molecule has 19 unspecified atom stereocenters. The van der Waals surface area contributed by atoms with Gasteiger partial charge in [0.05, 0.1) is 49.1 Å². The van der Waals surface area contributed by atoms with E-state index in [9.17, 15) is 65.8 Å². The molecule has 0 aromatic rings. The number of fused-ring (bicyclic) bond motifs is 5. The fourth-order valence-corrected chi connectivity index (χ4v) is 8.01. The predicted molar refractivity (Wildman–Crippen MR) is 158 cm³/mol. The zero-order chi connectivity index (χ0) is 36.9. The van der Waals surface area contributed by atoms with Crippen molar-refractivity contribution < 1.29 is 98.9 Å². The molecular weight excluding hydrogens is 692 g/mol. The maximum atomic E-state index is 12.5. The zero-order valence-electron chi connectivity index (χ0n) is 27.4. The topological polar surface area (TPSA) is 321 Å². The van der Waals surface area contributed by atoms with E-state index in [4.69, 9.17) is 33.2 Å². The molecule has 0 amide bonds. The molecule has 51 heavy (non-hydrogen) atoms. The van der Waals surface area contributed by atoms with E-state index in [2.05, 4.69) is 0 Å². The number of rotatable bonds is 1. The van der Waals surface area contributed by atoms with Crippen molar-refractivity contribution in [2.75, 3.05) is 13.2 Å². The van der Waals surface area contributed by atoms with Crippen LogP contribution in [-0.2, 0) is 42.7 Å². The number of esters is 2. The van der Waals surface area contributed by atoms with Crippen LogP contribution in [0.2, 0.25) is 0 Å². The van der Waals surface area contributed by atoms with Crippen LogP contribution in [0.25, 0.3) is 0 Å². The van der Waals surface area contributed by atoms with Crippen molar-refractivity contribution in [2.24, 2.45) is 11.8 Å². The molecule has 20 heteroatoms. The van der Waals surface area contributed by atoms with Crippen LogP contribution in [0, 0.1) is 11.8 Å². The van der Waals surface area contributed by atoms with E-state index in [1.807, 2.05) is 0 Å². The second kappa shape index (κ2) is 16.0. The molecule has 11 N–H and O–H groups in total. The molecule has 292 valence electrons. The lowest BCUT2D eigenvalue weighted by molar-refractivity contribution is -0.345. The molecule has 6 fully saturated rings. The summed E-state index contributed by atoms with van der Waals surface area (Å²) in [4.78, 5) is 24.9. The minimum absolute atomic E-state index is 0.0209. The summed E-state index contributed by atoms with van der Waals surface area (Å²) in [5.41, 5.74) is 0. The van der Waals surface area contributed by atoms with Gasteiger partial charge in [-0.25, -0.2) is 4.79 Å². The first-order chi connectivity index (χ1) is 24.1. The van der Waals surface area contributed by atoms with E-state index in [-0.39, 0.29) is 32.1 Å². The van der Waals surface area contributed by atoms with E-state index < -0.39 is 160 Å². The summed E-state index contributed by atoms with van der Waals surface area (Å²) in [7, 11) is 0. The molecule has 4 aliphatic heterocycles. The molecule has 20 nitrogen and oxygen atoms in total. The Morgan fingerprint density at radius 1 is 0.471 bits per heavy atom. The first kappa shape index (κ1) is 39.0. The number of hydrogen-bond acceptors (Lipinski definition) is 20. The van der Waals surface area contributed by atoms with Gasteiger partial charge in [-0.1, -0.05) is 0 Å². The Hall–Kier alpha value is -1.70. The lowest BCUT2D eigenvalue weighted by Crippen LogP contribution is -2.64. The van der Waals surface area contributed by atoms with Crippen molar-refractivity contribution in [3.05, 3.63) is 0 Å². The highest BCUT2D eigenvalue weighted by Crippen LogP contribution is 2.45. The van der Waals surface area contributed by atoms with E-state index >= 15 is 0 Å². The highest BCUT2D eigenvalue weighted by molar-refractivity contribution is 5.81. The van der Waals surface area contributed by atoms with Crippen LogP contribution in [0.5, 0.6) is 0 Å². The molecule has 6 rings (SSSR count). The van der Waals surface area contributed by atoms with Gasteiger partial charge in [-0.3, -0.25) is 4.79 Å². The van der Waals surface area contributed by atoms with Crippen molar-refractivity contribution in [2.45, 2.75) is 155 Å². The largest absolute Gasteiger partial charge is 0.463 e. The molecule has 2 aliphatic carbocycles. The Bertz CT molecular complexity index is 1200. The number of hydrogen-bond donors (Lipinski definition) is 11. The average Bonchev–Trinajstić information content (AvgIpc) is 3.09. The van der Waals surface area contributed by atoms with Gasteiger partial charge in [0.1, 0.15) is 68.1 Å². The highest BCUT2D eigenvalue weighted by atomic mass is 16.7. The summed E-state index contributed by atoms with van der Waals surface area (Å²) in [6, 6.07) is 0. The third kappa shape index (κ3) is 8.21. The van der Waals surface area contributed by atoms with Gasteiger partial charge in [0, 0.05) is 12.3 Å². The lowest BCUT2D eigenvalue weighted by Gasteiger charge is -2.52. The Kier molecular flexibility index (Phi) is 12.2. The summed E-state index contributed by atoms with van der Waals surface area (Å²) in [6.07, 6.45) is -28.9. The fourth-order valence-electron chi connectivity index (χ4n) is 8.01. The van der Waals surface area contributed by atoms with Gasteiger partial charge in [0.25, 0.3) is 0 Å². The Balaban J connectivity index is 1.32. The molecule has 0 aromatic carbocycles. The van der Waals surface area contributed by atoms with Crippen molar-refractivity contribution in [1.82, 2.24) is 0 Å². The normalized spacial score (nSPS) is 53.4. The second-order valence-electron chi connectivity index (χ2n) is 14.4. The van der Waals surface area contributed by atoms with Crippen LogP contribution in [0.4, 0.5) is 0 Å². The second-order valence-corrected chi connectivity index (χ2v) is 14.4. The van der Waals surface area contributed by atoms with Gasteiger partial charge < -0.3 is 89.3 Å². The lowest BCUT2D eigenvalue weighted by atomic mass is 9.72. The van der Waals surface area contributed by atoms with Crippen molar-refractivity contribution >= 4 is 11.9 Å². The third-order valence-electron chi connectivity index (χ3n) is 10.9. The van der Waals surface area contributed by atoms with Gasteiger partial charge in [0.15, 0.2) is 18.7 Å². The van der Waals surface area contributed by atoms with E-state index in [1.165, 1.54) is 0 Å². The number of ether oxygens (including phenoxy) is 7. The minimum Gasteiger partial charge on any atom is -0.463 e. The van der Waals surface area contributed by atoms with Crippen LogP contribution in [0.3, 0.4) is 0 Å². The van der Waals surface area contributed by atoms with Crippen LogP contribution in [-0.4, -0.2) is 198 Å². The van der Waals surface area contributed by atoms with Crippen molar-refractivity contribution in [3.63, 3.8) is 0 Å². The van der Waals surface area contributed by atoms with Crippen LogP contribution >= 0.6 is 0 Å². The maximum Gasteiger partial charge on any atom is 0.335 e. The number of carbonyl (C=O) groups is 2. The van der Waals surface area contributed by atoms with Gasteiger partial charge >= 0.3 is 11.9 Å². The summed E-state index contributed by atoms with van der Waals surface area (Å²) in [5, 5.41) is 117. The van der Waals surface area contributed by atoms with Crippen LogP contribution < -0.4 is 0 Å². The monoisotopic (exact) mass is 740 g/mol. The summed E-state index contributed by atoms with van der Waals surface area (Å²) >= 11 is 0. The van der Waals surface area contributed by atoms with Gasteiger partial charge in [-0.15, -0.1) is 0 Å². The number of carbonyl (C=O) groups excluding carboxylic acids is 2. The SMILES string of the molecule is O=C1CC(O)C(=O)OCC2OC(OC3CC(O)CC4OC(C5CC(O)C(O)C(O)C5)C(CC34)OC3OC(CO1)C(O)C(O)C3O)C(O)C(O)C2O. The standard InChI is InChI=1S/C31H48O20/c32-10-3-15-11-5-17(28(47-15)9-1-12(33)21(37)13(34)2-9)49-31-27(43)24(40)22(38)18(50-31)7-45-20(36)6-14(35)29(44)46-8-19-23(39)25(41)26(42)30(51-19)48-16(11)4-10/h9-19,21-28,30-35,37-43H,1-8H2. The van der Waals surface area contributed by atoms with E-state index in [1.54, 1.807) is 0 Å². The Morgan fingerprint density at radius 3 is 1.53 bits per heavy atom. The van der Waals surface area contributed by atoms with Crippen molar-refractivity contribution in [3.8, 4) is 0 Å². The molecule has 4 heterocycles. The zero-order valence-corrected chi connectivity index (χ0v) is 27.4. The molecular formula is C31H48O20. The molecule has 6 aliphatic rings. The first-order valence-corrected chi connectivity index (χ1v) is 17.2. The molecule has 2 saturated carbocycles. The summed E-state index contributed by atoms with van der Waals surface area (Å²) in [5.74, 6) is -3.75. The molecule has 19 atom stereocenters. The molecule has 0 aromatic heterocycles. The van der Waals surface area contributed by atoms with Crippen LogP contribution in [0.1, 0.15) is 38.5 Å². The third-order valence-corrected chi connectivity index (χ3v) is 10.9. The minimum atomic E-state index is -2.05. The maximum absolute atomic E-state index is 12.5. The van der Waals surface area contributed by atoms with Gasteiger partial charge in [0.2, 0.25) is 0 Å². The first-order valence-electron chi connectivity index (χ1n) is 17.2. The number of aliphatic hydroxyl groups is 11. The van der Waals surface area contributed by atoms with E-state index in [0.717, 1.165) is 0 Å². The molecule has 0 spiro atoms. The summed E-state index contributed by atoms with van der Waals surface area (Å²) in [6.45, 7) is -1.45. The van der Waals surface area contributed by atoms with Gasteiger partial charge in [-0.05, 0) is 31.6 Å². The van der Waals surface area contributed by atoms with Crippen molar-refractivity contribution in [1.29, 1.82) is 0 Å². The smallest absolute Gasteiger partial charge is 0.335 e. The summed E-state index contributed by atoms with van der Waals surface area (Å²) < 4.78 is 40.4. The van der Waals surface area contributed by atoms with E-state index in [0.29, 0.717) is 0 Å². The van der Waals surface area contributed by atoms with Crippen LogP contribution in [0.15, 0.2) is 0 Å². The fraction of sp³-hybridized carbons (Fsp3) is 0.935. The highest BCUT2D eigenvalue weighted by Gasteiger charge is 2.55. The number of aliphatic hydroxyl groups excluding tert-OH is 11. The number of cyclic esters (lactones) is 2. The Labute approximate surface area is 291 Å². The Morgan fingerprint density at radius 2 is 0.961 bits per heavy atom. The average molecular weight is 741 g/mol.